The van der Waals surface area contributed by atoms with Gasteiger partial charge in [-0.05, 0) is 55.5 Å². The maximum absolute atomic E-state index is 13.2. The lowest BCUT2D eigenvalue weighted by atomic mass is 10.0. The zero-order valence-electron chi connectivity index (χ0n) is 17.0. The topological polar surface area (TPSA) is 38.8 Å². The molecular weight excluding hydrogens is 433 g/mol. The first kappa shape index (κ1) is 21.3. The Labute approximate surface area is 191 Å². The van der Waals surface area contributed by atoms with Crippen molar-refractivity contribution in [3.8, 4) is 5.75 Å². The number of anilines is 1. The number of rotatable bonds is 6. The van der Waals surface area contributed by atoms with E-state index in [-0.39, 0.29) is 6.61 Å². The number of ether oxygens (including phenoxy) is 2. The lowest BCUT2D eigenvalue weighted by molar-refractivity contribution is -0.00948. The first-order chi connectivity index (χ1) is 14.9. The van der Waals surface area contributed by atoms with E-state index in [0.717, 1.165) is 11.3 Å². The fourth-order valence-corrected chi connectivity index (χ4v) is 4.13. The summed E-state index contributed by atoms with van der Waals surface area (Å²) in [6, 6.07) is 21.6. The van der Waals surface area contributed by atoms with Crippen LogP contribution in [0.3, 0.4) is 0 Å². The van der Waals surface area contributed by atoms with Gasteiger partial charge < -0.3 is 14.4 Å². The Kier molecular flexibility index (Phi) is 5.94. The van der Waals surface area contributed by atoms with Crippen LogP contribution >= 0.6 is 23.2 Å². The molecule has 1 aliphatic rings. The molecule has 6 heteroatoms. The molecule has 31 heavy (non-hydrogen) atoms. The Hall–Kier alpha value is -2.95. The Morgan fingerprint density at radius 2 is 1.74 bits per heavy atom. The molecule has 4 nitrogen and oxygen atoms in total. The van der Waals surface area contributed by atoms with Crippen LogP contribution in [0.4, 0.5) is 5.69 Å². The van der Waals surface area contributed by atoms with Crippen LogP contribution in [0.25, 0.3) is 5.57 Å². The molecule has 0 amide bonds. The quantitative estimate of drug-likeness (QED) is 0.400. The highest BCUT2D eigenvalue weighted by molar-refractivity contribution is 6.31. The molecule has 1 atom stereocenters. The summed E-state index contributed by atoms with van der Waals surface area (Å²) in [5, 5.41) is 1.07. The Morgan fingerprint density at radius 3 is 2.45 bits per heavy atom. The number of benzene rings is 3. The summed E-state index contributed by atoms with van der Waals surface area (Å²) < 4.78 is 12.2. The van der Waals surface area contributed by atoms with Crippen LogP contribution in [0.15, 0.2) is 79.4 Å². The first-order valence-electron chi connectivity index (χ1n) is 9.88. The molecule has 0 aromatic heterocycles. The molecule has 0 spiro atoms. The average Bonchev–Trinajstić information content (AvgIpc) is 3.01. The molecule has 0 bridgehead atoms. The zero-order chi connectivity index (χ0) is 22.0. The van der Waals surface area contributed by atoms with E-state index >= 15 is 0 Å². The minimum absolute atomic E-state index is 0.0578. The predicted octanol–water partition coefficient (Wildman–Crippen LogP) is 6.48. The molecule has 1 heterocycles. The third kappa shape index (κ3) is 4.01. The summed E-state index contributed by atoms with van der Waals surface area (Å²) in [5.74, 6) is 0.108. The van der Waals surface area contributed by atoms with Crippen molar-refractivity contribution in [1.82, 2.24) is 0 Å². The second-order valence-corrected chi connectivity index (χ2v) is 8.04. The number of likely N-dealkylation sites (N-methyl/N-ethyl adjacent to an activating group) is 1. The highest BCUT2D eigenvalue weighted by atomic mass is 35.5. The van der Waals surface area contributed by atoms with E-state index in [1.165, 1.54) is 0 Å². The lowest BCUT2D eigenvalue weighted by Crippen LogP contribution is -2.53. The Bertz CT molecular complexity index is 1130. The van der Waals surface area contributed by atoms with Crippen LogP contribution < -0.4 is 9.64 Å². The Balaban J connectivity index is 1.72. The molecule has 158 valence electrons. The molecule has 0 saturated carbocycles. The van der Waals surface area contributed by atoms with Gasteiger partial charge in [0.15, 0.2) is 6.61 Å². The van der Waals surface area contributed by atoms with Gasteiger partial charge in [-0.3, -0.25) is 0 Å². The van der Waals surface area contributed by atoms with Crippen LogP contribution in [0.2, 0.25) is 10.0 Å². The van der Waals surface area contributed by atoms with E-state index in [1.54, 1.807) is 48.5 Å². The van der Waals surface area contributed by atoms with Gasteiger partial charge in [0.2, 0.25) is 5.72 Å². The number of hydrogen-bond acceptors (Lipinski definition) is 4. The number of hydrogen-bond donors (Lipinski definition) is 0. The van der Waals surface area contributed by atoms with Gasteiger partial charge in [0.05, 0.1) is 5.56 Å². The molecule has 0 radical (unpaired) electrons. The van der Waals surface area contributed by atoms with Gasteiger partial charge in [-0.2, -0.15) is 0 Å². The molecule has 1 unspecified atom stereocenters. The molecular formula is C25H21Cl2NO3. The summed E-state index contributed by atoms with van der Waals surface area (Å²) in [5.41, 5.74) is 1.67. The minimum Gasteiger partial charge on any atom is -0.487 e. The summed E-state index contributed by atoms with van der Waals surface area (Å²) >= 11 is 12.1. The van der Waals surface area contributed by atoms with Gasteiger partial charge in [-0.25, -0.2) is 4.79 Å². The van der Waals surface area contributed by atoms with Crippen molar-refractivity contribution >= 4 is 40.4 Å². The lowest BCUT2D eigenvalue weighted by Gasteiger charge is -2.39. The largest absolute Gasteiger partial charge is 0.487 e. The summed E-state index contributed by atoms with van der Waals surface area (Å²) in [4.78, 5) is 15.2. The molecule has 3 aromatic carbocycles. The number of carbonyl (C=O) groups excluding carboxylic acids is 1. The smallest absolute Gasteiger partial charge is 0.340 e. The Morgan fingerprint density at radius 1 is 1.00 bits per heavy atom. The van der Waals surface area contributed by atoms with E-state index < -0.39 is 11.7 Å². The molecule has 1 aliphatic heterocycles. The van der Waals surface area contributed by atoms with Crippen molar-refractivity contribution in [3.05, 3.63) is 101 Å². The number of nitrogens with zero attached hydrogens (tertiary/aromatic N) is 1. The SMILES string of the molecule is C=C1c2ccccc2N(CC)C1(COc1ccc(Cl)cc1)OC(=O)c1cccc(Cl)c1. The number of halogens is 2. The maximum atomic E-state index is 13.2. The van der Waals surface area contributed by atoms with Crippen molar-refractivity contribution in [2.24, 2.45) is 0 Å². The van der Waals surface area contributed by atoms with Crippen LogP contribution in [0, 0.1) is 0 Å². The van der Waals surface area contributed by atoms with Gasteiger partial charge in [-0.1, -0.05) is 54.0 Å². The number of carbonyl (C=O) groups is 1. The second-order valence-electron chi connectivity index (χ2n) is 7.17. The van der Waals surface area contributed by atoms with E-state index in [1.807, 2.05) is 36.1 Å². The van der Waals surface area contributed by atoms with E-state index in [0.29, 0.717) is 33.5 Å². The summed E-state index contributed by atoms with van der Waals surface area (Å²) in [6.07, 6.45) is 0. The standard InChI is InChI=1S/C25H21Cl2NO3/c1-3-28-23-10-5-4-9-22(23)17(2)25(28,16-30-21-13-11-19(26)12-14-21)31-24(29)18-7-6-8-20(27)15-18/h4-15H,2-3,16H2,1H3. The van der Waals surface area contributed by atoms with Gasteiger partial charge in [0, 0.05) is 33.4 Å². The third-order valence-electron chi connectivity index (χ3n) is 5.31. The van der Waals surface area contributed by atoms with Crippen LogP contribution in [0.1, 0.15) is 22.8 Å². The van der Waals surface area contributed by atoms with Crippen molar-refractivity contribution in [2.45, 2.75) is 12.6 Å². The third-order valence-corrected chi connectivity index (χ3v) is 5.80. The number of esters is 1. The van der Waals surface area contributed by atoms with Crippen molar-refractivity contribution in [2.75, 3.05) is 18.1 Å². The molecule has 0 N–H and O–H groups in total. The first-order valence-corrected chi connectivity index (χ1v) is 10.6. The molecule has 0 aliphatic carbocycles. The van der Waals surface area contributed by atoms with Gasteiger partial charge in [-0.15, -0.1) is 0 Å². The van der Waals surface area contributed by atoms with E-state index in [9.17, 15) is 4.79 Å². The fraction of sp³-hybridized carbons (Fsp3) is 0.160. The van der Waals surface area contributed by atoms with Crippen molar-refractivity contribution in [3.63, 3.8) is 0 Å². The highest BCUT2D eigenvalue weighted by Crippen LogP contribution is 2.47. The number of fused-ring (bicyclic) bond motifs is 1. The zero-order valence-corrected chi connectivity index (χ0v) is 18.5. The summed E-state index contributed by atoms with van der Waals surface area (Å²) in [7, 11) is 0. The summed E-state index contributed by atoms with van der Waals surface area (Å²) in [6.45, 7) is 6.94. The van der Waals surface area contributed by atoms with Gasteiger partial charge in [0.25, 0.3) is 0 Å². The van der Waals surface area contributed by atoms with Crippen LogP contribution in [0.5, 0.6) is 5.75 Å². The maximum Gasteiger partial charge on any atom is 0.340 e. The monoisotopic (exact) mass is 453 g/mol. The second kappa shape index (κ2) is 8.66. The van der Waals surface area contributed by atoms with Gasteiger partial charge in [0.1, 0.15) is 5.75 Å². The normalized spacial score (nSPS) is 17.4. The minimum atomic E-state index is -1.21. The molecule has 0 fully saturated rings. The van der Waals surface area contributed by atoms with Gasteiger partial charge >= 0.3 is 5.97 Å². The van der Waals surface area contributed by atoms with E-state index in [2.05, 4.69) is 6.58 Å². The van der Waals surface area contributed by atoms with Crippen LogP contribution in [-0.2, 0) is 4.74 Å². The predicted molar refractivity (Wildman–Crippen MR) is 125 cm³/mol. The highest BCUT2D eigenvalue weighted by Gasteiger charge is 2.51. The van der Waals surface area contributed by atoms with E-state index in [4.69, 9.17) is 32.7 Å². The van der Waals surface area contributed by atoms with Crippen LogP contribution in [-0.4, -0.2) is 24.8 Å². The van der Waals surface area contributed by atoms with Crippen molar-refractivity contribution < 1.29 is 14.3 Å². The molecule has 4 rings (SSSR count). The average molecular weight is 454 g/mol. The fourth-order valence-electron chi connectivity index (χ4n) is 3.81. The molecule has 0 saturated heterocycles. The number of para-hydroxylation sites is 1. The molecule has 3 aromatic rings. The van der Waals surface area contributed by atoms with Crippen molar-refractivity contribution in [1.29, 1.82) is 0 Å².